The van der Waals surface area contributed by atoms with Crippen molar-refractivity contribution in [1.29, 1.82) is 0 Å². The second-order valence-corrected chi connectivity index (χ2v) is 3.38. The molecule has 3 nitrogen and oxygen atoms in total. The standard InChI is InChI=1S/C10H19N3/c1-3-5-9(11)8-10-12-6-7-13(10)4-2/h6-7,9H,3-5,8,11H2,1-2H3. The molecule has 0 saturated heterocycles. The van der Waals surface area contributed by atoms with E-state index >= 15 is 0 Å². The summed E-state index contributed by atoms with van der Waals surface area (Å²) in [5.41, 5.74) is 5.95. The van der Waals surface area contributed by atoms with Gasteiger partial charge in [0.2, 0.25) is 0 Å². The average Bonchev–Trinajstić information content (AvgIpc) is 2.52. The van der Waals surface area contributed by atoms with E-state index in [0.29, 0.717) is 0 Å². The molecule has 0 fully saturated rings. The van der Waals surface area contributed by atoms with E-state index < -0.39 is 0 Å². The van der Waals surface area contributed by atoms with E-state index in [1.165, 1.54) is 0 Å². The first-order valence-electron chi connectivity index (χ1n) is 5.03. The van der Waals surface area contributed by atoms with E-state index in [4.69, 9.17) is 5.73 Å². The molecule has 1 aromatic rings. The Balaban J connectivity index is 2.52. The number of hydrogen-bond acceptors (Lipinski definition) is 2. The lowest BCUT2D eigenvalue weighted by Gasteiger charge is -2.10. The molecule has 13 heavy (non-hydrogen) atoms. The van der Waals surface area contributed by atoms with Crippen LogP contribution >= 0.6 is 0 Å². The smallest absolute Gasteiger partial charge is 0.110 e. The molecule has 74 valence electrons. The first kappa shape index (κ1) is 10.3. The Hall–Kier alpha value is -0.830. The minimum absolute atomic E-state index is 0.262. The Labute approximate surface area is 80.0 Å². The highest BCUT2D eigenvalue weighted by molar-refractivity contribution is 4.94. The summed E-state index contributed by atoms with van der Waals surface area (Å²) in [5.74, 6) is 1.11. The van der Waals surface area contributed by atoms with Crippen LogP contribution in [0.4, 0.5) is 0 Å². The van der Waals surface area contributed by atoms with Crippen LogP contribution in [0.3, 0.4) is 0 Å². The summed E-state index contributed by atoms with van der Waals surface area (Å²) in [6, 6.07) is 0.262. The molecular formula is C10H19N3. The third-order valence-corrected chi connectivity index (χ3v) is 2.25. The molecule has 0 aliphatic carbocycles. The number of aromatic nitrogens is 2. The molecule has 1 heterocycles. The maximum absolute atomic E-state index is 5.95. The van der Waals surface area contributed by atoms with Crippen LogP contribution in [0.1, 0.15) is 32.5 Å². The molecule has 3 heteroatoms. The number of rotatable bonds is 5. The zero-order valence-electron chi connectivity index (χ0n) is 8.53. The van der Waals surface area contributed by atoms with E-state index in [1.807, 2.05) is 12.4 Å². The monoisotopic (exact) mass is 181 g/mol. The molecule has 0 aliphatic rings. The molecule has 0 radical (unpaired) electrons. The van der Waals surface area contributed by atoms with Gasteiger partial charge in [-0.25, -0.2) is 4.98 Å². The van der Waals surface area contributed by atoms with Gasteiger partial charge in [0, 0.05) is 31.4 Å². The molecule has 1 atom stereocenters. The summed E-state index contributed by atoms with van der Waals surface area (Å²) in [4.78, 5) is 4.29. The summed E-state index contributed by atoms with van der Waals surface area (Å²) < 4.78 is 2.15. The molecule has 1 unspecified atom stereocenters. The molecule has 0 amide bonds. The van der Waals surface area contributed by atoms with Crippen LogP contribution in [-0.2, 0) is 13.0 Å². The molecule has 0 aromatic carbocycles. The molecule has 1 aromatic heterocycles. The van der Waals surface area contributed by atoms with Gasteiger partial charge in [0.1, 0.15) is 5.82 Å². The maximum Gasteiger partial charge on any atom is 0.110 e. The topological polar surface area (TPSA) is 43.8 Å². The lowest BCUT2D eigenvalue weighted by atomic mass is 10.1. The first-order valence-corrected chi connectivity index (χ1v) is 5.03. The second kappa shape index (κ2) is 5.02. The molecule has 2 N–H and O–H groups in total. The Morgan fingerprint density at radius 1 is 1.54 bits per heavy atom. The highest BCUT2D eigenvalue weighted by Crippen LogP contribution is 2.04. The van der Waals surface area contributed by atoms with Crippen LogP contribution in [0.5, 0.6) is 0 Å². The van der Waals surface area contributed by atoms with E-state index in [9.17, 15) is 0 Å². The predicted octanol–water partition coefficient (Wildman–Crippen LogP) is 1.57. The van der Waals surface area contributed by atoms with Crippen molar-refractivity contribution < 1.29 is 0 Å². The molecule has 0 saturated carbocycles. The lowest BCUT2D eigenvalue weighted by Crippen LogP contribution is -2.24. The largest absolute Gasteiger partial charge is 0.335 e. The summed E-state index contributed by atoms with van der Waals surface area (Å²) in [7, 11) is 0. The summed E-state index contributed by atoms with van der Waals surface area (Å²) in [5, 5.41) is 0. The normalized spacial score (nSPS) is 13.2. The third-order valence-electron chi connectivity index (χ3n) is 2.25. The van der Waals surface area contributed by atoms with Gasteiger partial charge in [-0.05, 0) is 13.3 Å². The third kappa shape index (κ3) is 2.84. The minimum Gasteiger partial charge on any atom is -0.335 e. The average molecular weight is 181 g/mol. The van der Waals surface area contributed by atoms with Crippen LogP contribution in [0.15, 0.2) is 12.4 Å². The zero-order valence-corrected chi connectivity index (χ0v) is 8.53. The molecular weight excluding hydrogens is 162 g/mol. The fraction of sp³-hybridized carbons (Fsp3) is 0.700. The van der Waals surface area contributed by atoms with Gasteiger partial charge in [-0.15, -0.1) is 0 Å². The quantitative estimate of drug-likeness (QED) is 0.749. The highest BCUT2D eigenvalue weighted by atomic mass is 15.1. The number of nitrogens with zero attached hydrogens (tertiary/aromatic N) is 2. The van der Waals surface area contributed by atoms with Crippen molar-refractivity contribution >= 4 is 0 Å². The van der Waals surface area contributed by atoms with Gasteiger partial charge in [0.05, 0.1) is 0 Å². The van der Waals surface area contributed by atoms with Crippen molar-refractivity contribution in [2.45, 2.75) is 45.7 Å². The van der Waals surface area contributed by atoms with E-state index in [-0.39, 0.29) is 6.04 Å². The van der Waals surface area contributed by atoms with Crippen LogP contribution in [0.25, 0.3) is 0 Å². The van der Waals surface area contributed by atoms with Crippen molar-refractivity contribution in [3.05, 3.63) is 18.2 Å². The van der Waals surface area contributed by atoms with E-state index in [0.717, 1.165) is 31.6 Å². The molecule has 0 bridgehead atoms. The first-order chi connectivity index (χ1) is 6.27. The number of imidazole rings is 1. The summed E-state index contributed by atoms with van der Waals surface area (Å²) >= 11 is 0. The maximum atomic E-state index is 5.95. The van der Waals surface area contributed by atoms with Crippen molar-refractivity contribution in [3.63, 3.8) is 0 Å². The predicted molar refractivity (Wildman–Crippen MR) is 54.5 cm³/mol. The van der Waals surface area contributed by atoms with Crippen LogP contribution in [0, 0.1) is 0 Å². The van der Waals surface area contributed by atoms with Gasteiger partial charge >= 0.3 is 0 Å². The van der Waals surface area contributed by atoms with Crippen molar-refractivity contribution in [2.75, 3.05) is 0 Å². The SMILES string of the molecule is CCCC(N)Cc1nccn1CC. The van der Waals surface area contributed by atoms with Gasteiger partial charge < -0.3 is 10.3 Å². The van der Waals surface area contributed by atoms with Crippen LogP contribution in [0.2, 0.25) is 0 Å². The zero-order chi connectivity index (χ0) is 9.68. The van der Waals surface area contributed by atoms with Gasteiger partial charge in [-0.2, -0.15) is 0 Å². The van der Waals surface area contributed by atoms with Crippen molar-refractivity contribution in [2.24, 2.45) is 5.73 Å². The fourth-order valence-corrected chi connectivity index (χ4v) is 1.53. The highest BCUT2D eigenvalue weighted by Gasteiger charge is 2.06. The number of aryl methyl sites for hydroxylation is 1. The fourth-order valence-electron chi connectivity index (χ4n) is 1.53. The molecule has 0 spiro atoms. The van der Waals surface area contributed by atoms with Crippen molar-refractivity contribution in [3.8, 4) is 0 Å². The van der Waals surface area contributed by atoms with Crippen LogP contribution < -0.4 is 5.73 Å². The lowest BCUT2D eigenvalue weighted by molar-refractivity contribution is 0.563. The minimum atomic E-state index is 0.262. The summed E-state index contributed by atoms with van der Waals surface area (Å²) in [6.45, 7) is 5.26. The van der Waals surface area contributed by atoms with Gasteiger partial charge in [-0.1, -0.05) is 13.3 Å². The van der Waals surface area contributed by atoms with Crippen LogP contribution in [-0.4, -0.2) is 15.6 Å². The second-order valence-electron chi connectivity index (χ2n) is 3.38. The Morgan fingerprint density at radius 3 is 2.92 bits per heavy atom. The summed E-state index contributed by atoms with van der Waals surface area (Å²) in [6.07, 6.45) is 6.98. The molecule has 0 aliphatic heterocycles. The van der Waals surface area contributed by atoms with Gasteiger partial charge in [0.15, 0.2) is 0 Å². The van der Waals surface area contributed by atoms with Gasteiger partial charge in [-0.3, -0.25) is 0 Å². The molecule has 1 rings (SSSR count). The van der Waals surface area contributed by atoms with Crippen molar-refractivity contribution in [1.82, 2.24) is 9.55 Å². The number of hydrogen-bond donors (Lipinski definition) is 1. The van der Waals surface area contributed by atoms with E-state index in [2.05, 4.69) is 23.4 Å². The Kier molecular flexibility index (Phi) is 3.96. The Bertz CT molecular complexity index is 242. The Morgan fingerprint density at radius 2 is 2.31 bits per heavy atom. The number of nitrogens with two attached hydrogens (primary N) is 1. The van der Waals surface area contributed by atoms with Gasteiger partial charge in [0.25, 0.3) is 0 Å². The van der Waals surface area contributed by atoms with E-state index in [1.54, 1.807) is 0 Å².